The quantitative estimate of drug-likeness (QED) is 0.782. The molecular weight excluding hydrogens is 198 g/mol. The van der Waals surface area contributed by atoms with Gasteiger partial charge in [-0.25, -0.2) is 0 Å². The van der Waals surface area contributed by atoms with Gasteiger partial charge in [-0.3, -0.25) is 0 Å². The number of aliphatic hydroxyl groups is 1. The number of hydrogen-bond donors (Lipinski definition) is 2. The molecule has 1 aromatic carbocycles. The van der Waals surface area contributed by atoms with E-state index in [1.54, 1.807) is 0 Å². The second kappa shape index (κ2) is 5.81. The maximum Gasteiger partial charge on any atom is 0.0626 e. The molecule has 1 atom stereocenters. The normalized spacial score (nSPS) is 12.4. The highest BCUT2D eigenvalue weighted by atomic mass is 35.5. The molecule has 0 aromatic heterocycles. The van der Waals surface area contributed by atoms with Gasteiger partial charge < -0.3 is 10.4 Å². The molecule has 1 unspecified atom stereocenters. The molecule has 3 heteroatoms. The zero-order valence-corrected chi connectivity index (χ0v) is 8.67. The smallest absolute Gasteiger partial charge is 0.0626 e. The summed E-state index contributed by atoms with van der Waals surface area (Å²) in [5.41, 5.74) is 1.05. The molecule has 1 aromatic rings. The lowest BCUT2D eigenvalue weighted by atomic mass is 10.1. The summed E-state index contributed by atoms with van der Waals surface area (Å²) in [7, 11) is 0. The molecule has 0 bridgehead atoms. The lowest BCUT2D eigenvalue weighted by Crippen LogP contribution is -2.25. The molecule has 0 aliphatic carbocycles. The SMILES string of the molecule is C=C(Cl)CNC(CO)c1ccccc1. The van der Waals surface area contributed by atoms with Gasteiger partial charge in [0, 0.05) is 11.6 Å². The van der Waals surface area contributed by atoms with E-state index in [9.17, 15) is 0 Å². The van der Waals surface area contributed by atoms with Crippen LogP contribution in [0.25, 0.3) is 0 Å². The van der Waals surface area contributed by atoms with Crippen LogP contribution in [0, 0.1) is 0 Å². The monoisotopic (exact) mass is 211 g/mol. The highest BCUT2D eigenvalue weighted by molar-refractivity contribution is 6.29. The van der Waals surface area contributed by atoms with E-state index < -0.39 is 0 Å². The van der Waals surface area contributed by atoms with Crippen molar-refractivity contribution < 1.29 is 5.11 Å². The first-order chi connectivity index (χ1) is 6.74. The maximum absolute atomic E-state index is 9.16. The van der Waals surface area contributed by atoms with Gasteiger partial charge in [-0.15, -0.1) is 0 Å². The number of halogens is 1. The van der Waals surface area contributed by atoms with Gasteiger partial charge in [-0.05, 0) is 5.56 Å². The summed E-state index contributed by atoms with van der Waals surface area (Å²) in [6.07, 6.45) is 0. The Balaban J connectivity index is 2.58. The highest BCUT2D eigenvalue weighted by Gasteiger charge is 2.08. The largest absolute Gasteiger partial charge is 0.394 e. The third-order valence-corrected chi connectivity index (χ3v) is 2.06. The second-order valence-electron chi connectivity index (χ2n) is 3.04. The molecule has 0 amide bonds. The predicted molar refractivity (Wildman–Crippen MR) is 59.3 cm³/mol. The summed E-state index contributed by atoms with van der Waals surface area (Å²) < 4.78 is 0. The third kappa shape index (κ3) is 3.50. The van der Waals surface area contributed by atoms with E-state index in [-0.39, 0.29) is 12.6 Å². The Morgan fingerprint density at radius 3 is 2.57 bits per heavy atom. The molecule has 2 N–H and O–H groups in total. The Morgan fingerprint density at radius 1 is 1.43 bits per heavy atom. The van der Waals surface area contributed by atoms with Gasteiger partial charge in [0.2, 0.25) is 0 Å². The summed E-state index contributed by atoms with van der Waals surface area (Å²) in [5.74, 6) is 0. The molecule has 0 radical (unpaired) electrons. The Bertz CT molecular complexity index is 287. The zero-order valence-electron chi connectivity index (χ0n) is 7.91. The summed E-state index contributed by atoms with van der Waals surface area (Å²) in [6.45, 7) is 4.13. The lowest BCUT2D eigenvalue weighted by molar-refractivity contribution is 0.247. The van der Waals surface area contributed by atoms with Gasteiger partial charge in [0.05, 0.1) is 12.6 Å². The van der Waals surface area contributed by atoms with E-state index >= 15 is 0 Å². The number of aliphatic hydroxyl groups excluding tert-OH is 1. The summed E-state index contributed by atoms with van der Waals surface area (Å²) >= 11 is 5.63. The van der Waals surface area contributed by atoms with Crippen LogP contribution in [0.2, 0.25) is 0 Å². The minimum atomic E-state index is -0.0771. The summed E-state index contributed by atoms with van der Waals surface area (Å²) in [5, 5.41) is 12.8. The molecule has 0 saturated heterocycles. The van der Waals surface area contributed by atoms with Crippen LogP contribution in [-0.2, 0) is 0 Å². The molecule has 1 rings (SSSR count). The fourth-order valence-corrected chi connectivity index (χ4v) is 1.28. The zero-order chi connectivity index (χ0) is 10.4. The second-order valence-corrected chi connectivity index (χ2v) is 3.58. The molecule has 14 heavy (non-hydrogen) atoms. The maximum atomic E-state index is 9.16. The van der Waals surface area contributed by atoms with Crippen molar-refractivity contribution in [3.8, 4) is 0 Å². The van der Waals surface area contributed by atoms with Crippen LogP contribution < -0.4 is 5.32 Å². The van der Waals surface area contributed by atoms with Crippen molar-refractivity contribution in [3.63, 3.8) is 0 Å². The van der Waals surface area contributed by atoms with Gasteiger partial charge in [-0.2, -0.15) is 0 Å². The van der Waals surface area contributed by atoms with Crippen LogP contribution in [0.15, 0.2) is 41.9 Å². The Kier molecular flexibility index (Phi) is 4.66. The van der Waals surface area contributed by atoms with Crippen LogP contribution in [0.4, 0.5) is 0 Å². The van der Waals surface area contributed by atoms with Gasteiger partial charge in [0.25, 0.3) is 0 Å². The number of benzene rings is 1. The van der Waals surface area contributed by atoms with Crippen molar-refractivity contribution >= 4 is 11.6 Å². The molecular formula is C11H14ClNO. The van der Waals surface area contributed by atoms with Crippen LogP contribution >= 0.6 is 11.6 Å². The predicted octanol–water partition coefficient (Wildman–Crippen LogP) is 2.06. The van der Waals surface area contributed by atoms with Gasteiger partial charge in [0.15, 0.2) is 0 Å². The van der Waals surface area contributed by atoms with Crippen molar-refractivity contribution in [2.45, 2.75) is 6.04 Å². The standard InChI is InChI=1S/C11H14ClNO/c1-9(12)7-13-11(8-14)10-5-3-2-4-6-10/h2-6,11,13-14H,1,7-8H2. The van der Waals surface area contributed by atoms with Gasteiger partial charge >= 0.3 is 0 Å². The van der Waals surface area contributed by atoms with Crippen molar-refractivity contribution in [1.29, 1.82) is 0 Å². The Labute approximate surface area is 89.2 Å². The highest BCUT2D eigenvalue weighted by Crippen LogP contribution is 2.11. The first kappa shape index (κ1) is 11.2. The topological polar surface area (TPSA) is 32.3 Å². The van der Waals surface area contributed by atoms with Crippen molar-refractivity contribution in [1.82, 2.24) is 5.32 Å². The van der Waals surface area contributed by atoms with Gasteiger partial charge in [0.1, 0.15) is 0 Å². The molecule has 2 nitrogen and oxygen atoms in total. The molecule has 0 spiro atoms. The fourth-order valence-electron chi connectivity index (χ4n) is 1.21. The first-order valence-corrected chi connectivity index (χ1v) is 4.84. The molecule has 0 fully saturated rings. The van der Waals surface area contributed by atoms with E-state index in [0.717, 1.165) is 5.56 Å². The Morgan fingerprint density at radius 2 is 2.07 bits per heavy atom. The minimum Gasteiger partial charge on any atom is -0.394 e. The van der Waals surface area contributed by atoms with Crippen molar-refractivity contribution in [2.24, 2.45) is 0 Å². The lowest BCUT2D eigenvalue weighted by Gasteiger charge is -2.15. The van der Waals surface area contributed by atoms with Crippen LogP contribution in [0.1, 0.15) is 11.6 Å². The molecule has 0 aliphatic rings. The summed E-state index contributed by atoms with van der Waals surface area (Å²) in [4.78, 5) is 0. The average molecular weight is 212 g/mol. The first-order valence-electron chi connectivity index (χ1n) is 4.46. The minimum absolute atomic E-state index is 0.0498. The summed E-state index contributed by atoms with van der Waals surface area (Å²) in [6, 6.07) is 9.67. The van der Waals surface area contributed by atoms with E-state index in [4.69, 9.17) is 16.7 Å². The number of hydrogen-bond acceptors (Lipinski definition) is 2. The number of nitrogens with one attached hydrogen (secondary N) is 1. The van der Waals surface area contributed by atoms with Crippen molar-refractivity contribution in [3.05, 3.63) is 47.5 Å². The number of rotatable bonds is 5. The fraction of sp³-hybridized carbons (Fsp3) is 0.273. The Hall–Kier alpha value is -0.830. The third-order valence-electron chi connectivity index (χ3n) is 1.92. The molecule has 0 saturated carbocycles. The van der Waals surface area contributed by atoms with E-state index in [2.05, 4.69) is 11.9 Å². The van der Waals surface area contributed by atoms with Gasteiger partial charge in [-0.1, -0.05) is 48.5 Å². The van der Waals surface area contributed by atoms with E-state index in [1.165, 1.54) is 0 Å². The van der Waals surface area contributed by atoms with Crippen LogP contribution in [0.3, 0.4) is 0 Å². The van der Waals surface area contributed by atoms with Crippen molar-refractivity contribution in [2.75, 3.05) is 13.2 Å². The van der Waals surface area contributed by atoms with E-state index in [1.807, 2.05) is 30.3 Å². The van der Waals surface area contributed by atoms with E-state index in [0.29, 0.717) is 11.6 Å². The average Bonchev–Trinajstić information content (AvgIpc) is 2.20. The molecule has 0 heterocycles. The molecule has 0 aliphatic heterocycles. The molecule has 76 valence electrons. The van der Waals surface area contributed by atoms with Crippen LogP contribution in [0.5, 0.6) is 0 Å². The van der Waals surface area contributed by atoms with Crippen LogP contribution in [-0.4, -0.2) is 18.3 Å².